The van der Waals surface area contributed by atoms with E-state index in [1.165, 1.54) is 0 Å². The van der Waals surface area contributed by atoms with Crippen molar-refractivity contribution in [1.82, 2.24) is 4.72 Å². The molecule has 0 saturated heterocycles. The van der Waals surface area contributed by atoms with Crippen molar-refractivity contribution in [3.05, 3.63) is 41.1 Å². The zero-order valence-electron chi connectivity index (χ0n) is 10.4. The Kier molecular flexibility index (Phi) is 3.87. The van der Waals surface area contributed by atoms with Gasteiger partial charge in [0.2, 0.25) is 10.0 Å². The van der Waals surface area contributed by atoms with Gasteiger partial charge < -0.3 is 5.11 Å². The number of halogens is 1. The Labute approximate surface area is 120 Å². The molecule has 1 aliphatic heterocycles. The van der Waals surface area contributed by atoms with Gasteiger partial charge in [-0.25, -0.2) is 30.7 Å². The lowest BCUT2D eigenvalue weighted by molar-refractivity contribution is 0.0696. The summed E-state index contributed by atoms with van der Waals surface area (Å²) < 4.78 is 62.1. The highest BCUT2D eigenvalue weighted by Gasteiger charge is 2.28. The van der Waals surface area contributed by atoms with E-state index in [0.29, 0.717) is 6.07 Å². The number of rotatable bonds is 4. The van der Waals surface area contributed by atoms with E-state index >= 15 is 0 Å². The quantitative estimate of drug-likeness (QED) is 0.806. The first kappa shape index (κ1) is 15.6. The maximum atomic E-state index is 13.7. The van der Waals surface area contributed by atoms with Crippen LogP contribution < -0.4 is 4.72 Å². The first-order chi connectivity index (χ1) is 9.61. The average Bonchev–Trinajstić information content (AvgIpc) is 2.67. The van der Waals surface area contributed by atoms with Gasteiger partial charge in [-0.1, -0.05) is 6.08 Å². The van der Waals surface area contributed by atoms with Gasteiger partial charge in [-0.2, -0.15) is 0 Å². The number of carbonyl (C=O) groups is 1. The number of hydrogen-bond acceptors (Lipinski definition) is 5. The summed E-state index contributed by atoms with van der Waals surface area (Å²) in [7, 11) is -7.76. The molecule has 0 spiro atoms. The number of nitrogens with one attached hydrogen (secondary N) is 1. The number of sulfone groups is 1. The van der Waals surface area contributed by atoms with Crippen LogP contribution in [0.3, 0.4) is 0 Å². The monoisotopic (exact) mass is 335 g/mol. The largest absolute Gasteiger partial charge is 0.478 e. The summed E-state index contributed by atoms with van der Waals surface area (Å²) in [6.07, 6.45) is 1.15. The summed E-state index contributed by atoms with van der Waals surface area (Å²) in [5.74, 6) is -3.07. The molecular weight excluding hydrogens is 325 g/mol. The van der Waals surface area contributed by atoms with Gasteiger partial charge in [-0.05, 0) is 18.2 Å². The molecule has 0 aromatic heterocycles. The second-order valence-corrected chi connectivity index (χ2v) is 7.95. The van der Waals surface area contributed by atoms with E-state index in [-0.39, 0.29) is 0 Å². The van der Waals surface area contributed by atoms with Crippen LogP contribution in [0.5, 0.6) is 0 Å². The molecule has 1 atom stereocenters. The van der Waals surface area contributed by atoms with Crippen LogP contribution in [0.25, 0.3) is 0 Å². The number of hydrogen-bond donors (Lipinski definition) is 2. The Morgan fingerprint density at radius 1 is 1.38 bits per heavy atom. The van der Waals surface area contributed by atoms with E-state index in [1.54, 1.807) is 0 Å². The molecular formula is C11H10FNO6S2. The highest BCUT2D eigenvalue weighted by Crippen LogP contribution is 2.18. The molecule has 2 rings (SSSR count). The van der Waals surface area contributed by atoms with Crippen LogP contribution in [0.15, 0.2) is 34.6 Å². The van der Waals surface area contributed by atoms with Crippen molar-refractivity contribution in [2.45, 2.75) is 10.9 Å². The molecule has 1 heterocycles. The third-order valence-electron chi connectivity index (χ3n) is 2.70. The van der Waals surface area contributed by atoms with Gasteiger partial charge in [0.05, 0.1) is 17.4 Å². The van der Waals surface area contributed by atoms with Crippen LogP contribution in [-0.2, 0) is 19.9 Å². The van der Waals surface area contributed by atoms with Gasteiger partial charge in [0.1, 0.15) is 10.7 Å². The lowest BCUT2D eigenvalue weighted by atomic mass is 10.2. The standard InChI is InChI=1S/C11H10FNO6S2/c12-9-5-7(11(14)15)1-2-10(9)21(18,19)13-8-3-4-20(16,17)6-8/h1-5,8,13H,6H2,(H,14,15). The molecule has 0 bridgehead atoms. The van der Waals surface area contributed by atoms with Gasteiger partial charge in [-0.3, -0.25) is 0 Å². The molecule has 1 aromatic carbocycles. The normalized spacial score (nSPS) is 20.5. The second kappa shape index (κ2) is 5.20. The maximum absolute atomic E-state index is 13.7. The van der Waals surface area contributed by atoms with E-state index in [9.17, 15) is 26.0 Å². The number of carboxylic acid groups (broad SMARTS) is 1. The molecule has 0 aliphatic carbocycles. The van der Waals surface area contributed by atoms with Crippen LogP contribution in [-0.4, -0.2) is 39.7 Å². The minimum Gasteiger partial charge on any atom is -0.478 e. The molecule has 1 aromatic rings. The average molecular weight is 335 g/mol. The van der Waals surface area contributed by atoms with E-state index < -0.39 is 53.9 Å². The summed E-state index contributed by atoms with van der Waals surface area (Å²) in [5, 5.41) is 9.56. The lowest BCUT2D eigenvalue weighted by Gasteiger charge is -2.11. The van der Waals surface area contributed by atoms with Gasteiger partial charge in [0.15, 0.2) is 9.84 Å². The third-order valence-corrected chi connectivity index (χ3v) is 5.62. The van der Waals surface area contributed by atoms with Crippen molar-refractivity contribution in [3.63, 3.8) is 0 Å². The van der Waals surface area contributed by atoms with E-state index in [2.05, 4.69) is 0 Å². The fourth-order valence-corrected chi connectivity index (χ4v) is 4.35. The summed E-state index contributed by atoms with van der Waals surface area (Å²) in [6, 6.07) is 1.35. The Hall–Kier alpha value is -1.78. The van der Waals surface area contributed by atoms with Crippen LogP contribution >= 0.6 is 0 Å². The van der Waals surface area contributed by atoms with Gasteiger partial charge in [-0.15, -0.1) is 0 Å². The molecule has 2 N–H and O–H groups in total. The predicted molar refractivity (Wildman–Crippen MR) is 70.4 cm³/mol. The SMILES string of the molecule is O=C(O)c1ccc(S(=O)(=O)NC2C=CS(=O)(=O)C2)c(F)c1. The van der Waals surface area contributed by atoms with Crippen molar-refractivity contribution in [1.29, 1.82) is 0 Å². The smallest absolute Gasteiger partial charge is 0.335 e. The third kappa shape index (κ3) is 3.46. The number of sulfonamides is 1. The van der Waals surface area contributed by atoms with Gasteiger partial charge in [0.25, 0.3) is 0 Å². The highest BCUT2D eigenvalue weighted by molar-refractivity contribution is 7.94. The molecule has 7 nitrogen and oxygen atoms in total. The molecule has 114 valence electrons. The van der Waals surface area contributed by atoms with Gasteiger partial charge in [0, 0.05) is 5.41 Å². The highest BCUT2D eigenvalue weighted by atomic mass is 32.2. The van der Waals surface area contributed by atoms with E-state index in [4.69, 9.17) is 5.11 Å². The van der Waals surface area contributed by atoms with Crippen molar-refractivity contribution in [3.8, 4) is 0 Å². The number of carboxylic acids is 1. The fourth-order valence-electron chi connectivity index (χ4n) is 1.76. The number of benzene rings is 1. The summed E-state index contributed by atoms with van der Waals surface area (Å²) >= 11 is 0. The van der Waals surface area contributed by atoms with Crippen LogP contribution in [0.1, 0.15) is 10.4 Å². The first-order valence-electron chi connectivity index (χ1n) is 5.57. The maximum Gasteiger partial charge on any atom is 0.335 e. The Morgan fingerprint density at radius 3 is 2.52 bits per heavy atom. The summed E-state index contributed by atoms with van der Waals surface area (Å²) in [6.45, 7) is 0. The molecule has 0 fully saturated rings. The molecule has 0 saturated carbocycles. The summed E-state index contributed by atoms with van der Waals surface area (Å²) in [5.41, 5.74) is -0.394. The van der Waals surface area contributed by atoms with E-state index in [0.717, 1.165) is 23.6 Å². The van der Waals surface area contributed by atoms with Crippen molar-refractivity contribution in [2.24, 2.45) is 0 Å². The molecule has 1 unspecified atom stereocenters. The second-order valence-electron chi connectivity index (χ2n) is 4.34. The van der Waals surface area contributed by atoms with Crippen LogP contribution in [0.2, 0.25) is 0 Å². The molecule has 1 aliphatic rings. The zero-order valence-corrected chi connectivity index (χ0v) is 12.0. The molecule has 10 heteroatoms. The Bertz CT molecular complexity index is 828. The fraction of sp³-hybridized carbons (Fsp3) is 0.182. The molecule has 0 amide bonds. The first-order valence-corrected chi connectivity index (χ1v) is 8.77. The van der Waals surface area contributed by atoms with E-state index in [1.807, 2.05) is 4.72 Å². The van der Waals surface area contributed by atoms with Crippen molar-refractivity contribution < 1.29 is 31.1 Å². The van der Waals surface area contributed by atoms with Crippen LogP contribution in [0, 0.1) is 5.82 Å². The lowest BCUT2D eigenvalue weighted by Crippen LogP contribution is -2.35. The molecule has 0 radical (unpaired) electrons. The Morgan fingerprint density at radius 2 is 2.05 bits per heavy atom. The summed E-state index contributed by atoms with van der Waals surface area (Å²) in [4.78, 5) is 9.91. The topological polar surface area (TPSA) is 118 Å². The minimum atomic E-state index is -4.30. The zero-order chi connectivity index (χ0) is 15.8. The predicted octanol–water partition coefficient (Wildman–Crippen LogP) is 0.113. The van der Waals surface area contributed by atoms with Gasteiger partial charge >= 0.3 is 5.97 Å². The number of aromatic carboxylic acids is 1. The Balaban J connectivity index is 2.29. The molecule has 21 heavy (non-hydrogen) atoms. The van der Waals surface area contributed by atoms with Crippen LogP contribution in [0.4, 0.5) is 4.39 Å². The van der Waals surface area contributed by atoms with Crippen molar-refractivity contribution >= 4 is 25.8 Å². The van der Waals surface area contributed by atoms with Crippen molar-refractivity contribution in [2.75, 3.05) is 5.75 Å². The minimum absolute atomic E-state index is 0.394.